The maximum atomic E-state index is 4.57. The van der Waals surface area contributed by atoms with Crippen LogP contribution in [0.5, 0.6) is 0 Å². The predicted octanol–water partition coefficient (Wildman–Crippen LogP) is 3.40. The second-order valence-corrected chi connectivity index (χ2v) is 6.40. The van der Waals surface area contributed by atoms with Gasteiger partial charge in [0.25, 0.3) is 0 Å². The Morgan fingerprint density at radius 1 is 1.00 bits per heavy atom. The maximum Gasteiger partial charge on any atom is 0.0561 e. The fraction of sp³-hybridized carbons (Fsp3) is 0.533. The van der Waals surface area contributed by atoms with Gasteiger partial charge in [0.2, 0.25) is 0 Å². The second kappa shape index (κ2) is 4.73. The van der Waals surface area contributed by atoms with E-state index in [0.717, 1.165) is 18.5 Å². The minimum Gasteiger partial charge on any atom is -0.306 e. The number of anilines is 1. The van der Waals surface area contributed by atoms with Crippen molar-refractivity contribution in [3.05, 3.63) is 30.3 Å². The summed E-state index contributed by atoms with van der Waals surface area (Å²) in [7, 11) is 0. The molecule has 0 bridgehead atoms. The van der Waals surface area contributed by atoms with Crippen LogP contribution in [0, 0.1) is 0 Å². The Morgan fingerprint density at radius 2 is 1.56 bits per heavy atom. The molecule has 1 aliphatic heterocycles. The number of hydrogen-bond acceptors (Lipinski definition) is 3. The Hall–Kier alpha value is -1.35. The molecule has 0 unspecified atom stereocenters. The van der Waals surface area contributed by atoms with E-state index in [1.165, 1.54) is 5.71 Å². The minimum atomic E-state index is 0.110. The number of para-hydroxylation sites is 1. The van der Waals surface area contributed by atoms with Gasteiger partial charge in [-0.25, -0.2) is 0 Å². The Balaban J connectivity index is 2.08. The third-order valence-electron chi connectivity index (χ3n) is 3.09. The van der Waals surface area contributed by atoms with Gasteiger partial charge in [0.05, 0.1) is 5.69 Å². The van der Waals surface area contributed by atoms with Crippen LogP contribution in [0.25, 0.3) is 0 Å². The van der Waals surface area contributed by atoms with Crippen LogP contribution in [0.3, 0.4) is 0 Å². The van der Waals surface area contributed by atoms with E-state index in [2.05, 4.69) is 43.5 Å². The van der Waals surface area contributed by atoms with Crippen LogP contribution in [-0.4, -0.2) is 16.8 Å². The van der Waals surface area contributed by atoms with Gasteiger partial charge in [-0.05, 0) is 39.8 Å². The fourth-order valence-electron chi connectivity index (χ4n) is 2.82. The first kappa shape index (κ1) is 13.1. The number of hydrazone groups is 1. The van der Waals surface area contributed by atoms with Gasteiger partial charge in [0.15, 0.2) is 0 Å². The normalized spacial score (nSPS) is 21.4. The Bertz CT molecular complexity index is 414. The summed E-state index contributed by atoms with van der Waals surface area (Å²) in [5.74, 6) is 0. The van der Waals surface area contributed by atoms with E-state index >= 15 is 0 Å². The van der Waals surface area contributed by atoms with E-state index in [-0.39, 0.29) is 11.1 Å². The lowest BCUT2D eigenvalue weighted by atomic mass is 9.81. The lowest BCUT2D eigenvalue weighted by Crippen LogP contribution is -2.58. The van der Waals surface area contributed by atoms with Crippen LogP contribution in [-0.2, 0) is 0 Å². The van der Waals surface area contributed by atoms with Gasteiger partial charge < -0.3 is 5.32 Å². The van der Waals surface area contributed by atoms with Crippen molar-refractivity contribution in [1.82, 2.24) is 5.32 Å². The molecule has 0 radical (unpaired) electrons. The number of benzene rings is 1. The molecule has 98 valence electrons. The van der Waals surface area contributed by atoms with E-state index < -0.39 is 0 Å². The molecule has 0 atom stereocenters. The maximum absolute atomic E-state index is 4.57. The summed E-state index contributed by atoms with van der Waals surface area (Å²) in [5, 5.41) is 8.22. The molecule has 0 saturated carbocycles. The van der Waals surface area contributed by atoms with Gasteiger partial charge in [0.1, 0.15) is 0 Å². The highest BCUT2D eigenvalue weighted by Crippen LogP contribution is 2.26. The fourth-order valence-corrected chi connectivity index (χ4v) is 2.82. The lowest BCUT2D eigenvalue weighted by molar-refractivity contribution is 0.252. The zero-order chi connectivity index (χ0) is 13.2. The predicted molar refractivity (Wildman–Crippen MR) is 78.0 cm³/mol. The summed E-state index contributed by atoms with van der Waals surface area (Å²) in [6.07, 6.45) is 1.96. The number of piperidine rings is 1. The second-order valence-electron chi connectivity index (χ2n) is 6.40. The average molecular weight is 245 g/mol. The highest BCUT2D eigenvalue weighted by Gasteiger charge is 2.35. The van der Waals surface area contributed by atoms with Gasteiger partial charge in [0, 0.05) is 29.6 Å². The molecule has 2 rings (SSSR count). The van der Waals surface area contributed by atoms with Gasteiger partial charge in [-0.1, -0.05) is 18.2 Å². The van der Waals surface area contributed by atoms with Crippen molar-refractivity contribution in [2.75, 3.05) is 5.43 Å². The Labute approximate surface area is 110 Å². The standard InChI is InChI=1S/C15H23N3/c1-14(2)10-13(11-15(3,4)18-14)17-16-12-8-6-5-7-9-12/h5-9,16,18H,10-11H2,1-4H3. The van der Waals surface area contributed by atoms with E-state index in [1.807, 2.05) is 30.3 Å². The third kappa shape index (κ3) is 3.57. The molecule has 3 heteroatoms. The van der Waals surface area contributed by atoms with Crippen LogP contribution < -0.4 is 10.7 Å². The van der Waals surface area contributed by atoms with Crippen molar-refractivity contribution in [3.63, 3.8) is 0 Å². The number of rotatable bonds is 2. The van der Waals surface area contributed by atoms with Crippen LogP contribution in [0.4, 0.5) is 5.69 Å². The first-order valence-electron chi connectivity index (χ1n) is 6.52. The Kier molecular flexibility index (Phi) is 3.44. The topological polar surface area (TPSA) is 36.4 Å². The van der Waals surface area contributed by atoms with Crippen LogP contribution in [0.1, 0.15) is 40.5 Å². The van der Waals surface area contributed by atoms with E-state index in [0.29, 0.717) is 0 Å². The molecule has 1 saturated heterocycles. The van der Waals surface area contributed by atoms with Crippen molar-refractivity contribution < 1.29 is 0 Å². The lowest BCUT2D eigenvalue weighted by Gasteiger charge is -2.43. The zero-order valence-electron chi connectivity index (χ0n) is 11.7. The van der Waals surface area contributed by atoms with E-state index in [4.69, 9.17) is 0 Å². The monoisotopic (exact) mass is 245 g/mol. The zero-order valence-corrected chi connectivity index (χ0v) is 11.7. The molecule has 3 nitrogen and oxygen atoms in total. The molecule has 1 heterocycles. The summed E-state index contributed by atoms with van der Waals surface area (Å²) in [5.41, 5.74) is 5.64. The highest BCUT2D eigenvalue weighted by molar-refractivity contribution is 5.88. The van der Waals surface area contributed by atoms with E-state index in [9.17, 15) is 0 Å². The van der Waals surface area contributed by atoms with Crippen molar-refractivity contribution >= 4 is 11.4 Å². The molecule has 18 heavy (non-hydrogen) atoms. The average Bonchev–Trinajstić information content (AvgIpc) is 2.24. The Morgan fingerprint density at radius 3 is 2.11 bits per heavy atom. The van der Waals surface area contributed by atoms with Crippen molar-refractivity contribution in [2.45, 2.75) is 51.6 Å². The quantitative estimate of drug-likeness (QED) is 0.783. The van der Waals surface area contributed by atoms with Crippen LogP contribution in [0.2, 0.25) is 0 Å². The summed E-state index contributed by atoms with van der Waals surface area (Å²) in [6, 6.07) is 10.1. The SMILES string of the molecule is CC1(C)CC(=NNc2ccccc2)CC(C)(C)N1. The summed E-state index contributed by atoms with van der Waals surface area (Å²) in [4.78, 5) is 0. The third-order valence-corrected chi connectivity index (χ3v) is 3.09. The molecular weight excluding hydrogens is 222 g/mol. The van der Waals surface area contributed by atoms with Crippen LogP contribution >= 0.6 is 0 Å². The minimum absolute atomic E-state index is 0.110. The summed E-state index contributed by atoms with van der Waals surface area (Å²) < 4.78 is 0. The van der Waals surface area contributed by atoms with Gasteiger partial charge in [-0.2, -0.15) is 5.10 Å². The van der Waals surface area contributed by atoms with E-state index in [1.54, 1.807) is 0 Å². The smallest absolute Gasteiger partial charge is 0.0561 e. The van der Waals surface area contributed by atoms with Gasteiger partial charge in [-0.3, -0.25) is 5.43 Å². The molecule has 0 aliphatic carbocycles. The number of hydrogen-bond donors (Lipinski definition) is 2. The van der Waals surface area contributed by atoms with Crippen LogP contribution in [0.15, 0.2) is 35.4 Å². The number of nitrogens with one attached hydrogen (secondary N) is 2. The van der Waals surface area contributed by atoms with Crippen molar-refractivity contribution in [2.24, 2.45) is 5.10 Å². The molecular formula is C15H23N3. The molecule has 2 N–H and O–H groups in total. The molecule has 1 fully saturated rings. The number of nitrogens with zero attached hydrogens (tertiary/aromatic N) is 1. The van der Waals surface area contributed by atoms with Gasteiger partial charge >= 0.3 is 0 Å². The van der Waals surface area contributed by atoms with Crippen molar-refractivity contribution in [3.8, 4) is 0 Å². The molecule has 1 aromatic rings. The molecule has 0 spiro atoms. The first-order valence-corrected chi connectivity index (χ1v) is 6.52. The largest absolute Gasteiger partial charge is 0.306 e. The highest BCUT2D eigenvalue weighted by atomic mass is 15.3. The summed E-state index contributed by atoms with van der Waals surface area (Å²) in [6.45, 7) is 8.91. The summed E-state index contributed by atoms with van der Waals surface area (Å²) >= 11 is 0. The molecule has 1 aromatic carbocycles. The molecule has 1 aliphatic rings. The molecule has 0 amide bonds. The van der Waals surface area contributed by atoms with Gasteiger partial charge in [-0.15, -0.1) is 0 Å². The first-order chi connectivity index (χ1) is 8.36. The van der Waals surface area contributed by atoms with Crippen molar-refractivity contribution in [1.29, 1.82) is 0 Å². The molecule has 0 aromatic heterocycles.